The maximum absolute atomic E-state index is 12.7. The molecule has 6 fully saturated rings. The van der Waals surface area contributed by atoms with Gasteiger partial charge in [-0.05, 0) is 68.1 Å². The molecule has 7 nitrogen and oxygen atoms in total. The van der Waals surface area contributed by atoms with Gasteiger partial charge in [0.25, 0.3) is 0 Å². The van der Waals surface area contributed by atoms with Crippen molar-refractivity contribution in [2.75, 3.05) is 59.1 Å². The van der Waals surface area contributed by atoms with Crippen molar-refractivity contribution in [1.82, 2.24) is 15.1 Å². The number of hydrogen-bond acceptors (Lipinski definition) is 5. The molecule has 0 aromatic heterocycles. The predicted octanol–water partition coefficient (Wildman–Crippen LogP) is 1.66. The molecule has 4 bridgehead atoms. The van der Waals surface area contributed by atoms with Crippen LogP contribution in [0.1, 0.15) is 51.4 Å². The van der Waals surface area contributed by atoms with Crippen molar-refractivity contribution in [2.24, 2.45) is 23.2 Å². The Labute approximate surface area is 186 Å². The van der Waals surface area contributed by atoms with Gasteiger partial charge in [-0.3, -0.25) is 14.5 Å². The molecule has 1 atom stereocenters. The Bertz CT molecular complexity index is 628. The Hall–Kier alpha value is -1.18. The minimum atomic E-state index is 0.0261. The van der Waals surface area contributed by atoms with Crippen LogP contribution in [0, 0.1) is 23.2 Å². The Kier molecular flexibility index (Phi) is 6.54. The highest BCUT2D eigenvalue weighted by molar-refractivity contribution is 5.85. The standard InChI is InChI=1S/C24H39N3O4/c28-22(15-24-12-18-9-19(13-24)11-20(10-18)14-24)25-16-23(29)27-2-1-21(17-27)31-8-5-26-3-6-30-7-4-26/h18-21H,1-17H2,(H,25,28)/t18?,19?,20?,21-,24?/m1/s1. The summed E-state index contributed by atoms with van der Waals surface area (Å²) < 4.78 is 11.4. The zero-order valence-corrected chi connectivity index (χ0v) is 18.9. The highest BCUT2D eigenvalue weighted by atomic mass is 16.5. The third-order valence-corrected chi connectivity index (χ3v) is 8.50. The number of rotatable bonds is 8. The van der Waals surface area contributed by atoms with E-state index in [2.05, 4.69) is 10.2 Å². The van der Waals surface area contributed by atoms with E-state index in [4.69, 9.17) is 9.47 Å². The van der Waals surface area contributed by atoms with Crippen LogP contribution in [0.25, 0.3) is 0 Å². The molecule has 4 saturated carbocycles. The van der Waals surface area contributed by atoms with Gasteiger partial charge in [-0.15, -0.1) is 0 Å². The fraction of sp³-hybridized carbons (Fsp3) is 0.917. The quantitative estimate of drug-likeness (QED) is 0.630. The molecule has 0 aromatic carbocycles. The number of ether oxygens (including phenoxy) is 2. The van der Waals surface area contributed by atoms with Crippen molar-refractivity contribution in [3.05, 3.63) is 0 Å². The fourth-order valence-corrected chi connectivity index (χ4v) is 7.46. The number of carbonyl (C=O) groups is 2. The smallest absolute Gasteiger partial charge is 0.242 e. The first kappa shape index (κ1) is 21.7. The van der Waals surface area contributed by atoms with Crippen molar-refractivity contribution in [3.8, 4) is 0 Å². The summed E-state index contributed by atoms with van der Waals surface area (Å²) in [5.41, 5.74) is 0.231. The Morgan fingerprint density at radius 1 is 1.00 bits per heavy atom. The van der Waals surface area contributed by atoms with Crippen molar-refractivity contribution >= 4 is 11.8 Å². The summed E-state index contributed by atoms with van der Waals surface area (Å²) >= 11 is 0. The summed E-state index contributed by atoms with van der Waals surface area (Å²) in [5, 5.41) is 2.95. The Balaban J connectivity index is 0.997. The molecule has 0 unspecified atom stereocenters. The molecule has 174 valence electrons. The van der Waals surface area contributed by atoms with Crippen LogP contribution in [0.3, 0.4) is 0 Å². The number of hydrogen-bond donors (Lipinski definition) is 1. The minimum absolute atomic E-state index is 0.0261. The molecule has 2 amide bonds. The van der Waals surface area contributed by atoms with Crippen LogP contribution in [0.5, 0.6) is 0 Å². The van der Waals surface area contributed by atoms with Crippen LogP contribution >= 0.6 is 0 Å². The summed E-state index contributed by atoms with van der Waals surface area (Å²) in [6.07, 6.45) is 9.50. The van der Waals surface area contributed by atoms with E-state index < -0.39 is 0 Å². The van der Waals surface area contributed by atoms with Crippen molar-refractivity contribution in [3.63, 3.8) is 0 Å². The molecule has 31 heavy (non-hydrogen) atoms. The molecule has 1 N–H and O–H groups in total. The zero-order chi connectivity index (χ0) is 21.3. The monoisotopic (exact) mass is 433 g/mol. The van der Waals surface area contributed by atoms with E-state index in [1.807, 2.05) is 4.90 Å². The van der Waals surface area contributed by atoms with Gasteiger partial charge in [0.15, 0.2) is 0 Å². The molecule has 2 saturated heterocycles. The van der Waals surface area contributed by atoms with E-state index in [0.717, 1.165) is 63.6 Å². The first-order chi connectivity index (χ1) is 15.1. The lowest BCUT2D eigenvalue weighted by atomic mass is 9.49. The second kappa shape index (κ2) is 9.36. The average Bonchev–Trinajstić information content (AvgIpc) is 3.20. The molecule has 0 radical (unpaired) electrons. The number of morpholine rings is 1. The van der Waals surface area contributed by atoms with Crippen LogP contribution in [0.15, 0.2) is 0 Å². The molecule has 4 aliphatic carbocycles. The van der Waals surface area contributed by atoms with Gasteiger partial charge in [0.2, 0.25) is 11.8 Å². The number of carbonyl (C=O) groups excluding carboxylic acids is 2. The van der Waals surface area contributed by atoms with E-state index in [-0.39, 0.29) is 29.9 Å². The first-order valence-corrected chi connectivity index (χ1v) is 12.5. The fourth-order valence-electron chi connectivity index (χ4n) is 7.46. The second-order valence-corrected chi connectivity index (χ2v) is 10.9. The van der Waals surface area contributed by atoms with E-state index in [0.29, 0.717) is 19.6 Å². The van der Waals surface area contributed by atoms with E-state index >= 15 is 0 Å². The number of amides is 2. The van der Waals surface area contributed by atoms with Crippen LogP contribution in [-0.4, -0.2) is 86.8 Å². The topological polar surface area (TPSA) is 71.1 Å². The van der Waals surface area contributed by atoms with Gasteiger partial charge in [0.1, 0.15) is 0 Å². The Morgan fingerprint density at radius 3 is 2.35 bits per heavy atom. The summed E-state index contributed by atoms with van der Waals surface area (Å²) in [6, 6.07) is 0. The SMILES string of the molecule is O=C(CC12CC3CC(CC(C3)C1)C2)NCC(=O)N1CC[C@@H](OCCN2CCOCC2)C1. The van der Waals surface area contributed by atoms with Gasteiger partial charge in [-0.25, -0.2) is 0 Å². The highest BCUT2D eigenvalue weighted by Crippen LogP contribution is 2.61. The number of likely N-dealkylation sites (tertiary alicyclic amines) is 1. The molecule has 6 aliphatic rings. The lowest BCUT2D eigenvalue weighted by molar-refractivity contribution is -0.135. The van der Waals surface area contributed by atoms with Crippen LogP contribution in [-0.2, 0) is 19.1 Å². The summed E-state index contributed by atoms with van der Waals surface area (Å²) in [4.78, 5) is 29.5. The Morgan fingerprint density at radius 2 is 1.68 bits per heavy atom. The van der Waals surface area contributed by atoms with Crippen LogP contribution < -0.4 is 5.32 Å². The lowest BCUT2D eigenvalue weighted by Gasteiger charge is -2.56. The third kappa shape index (κ3) is 5.25. The summed E-state index contributed by atoms with van der Waals surface area (Å²) in [6.45, 7) is 6.69. The molecular formula is C24H39N3O4. The largest absolute Gasteiger partial charge is 0.379 e. The van der Waals surface area contributed by atoms with Crippen LogP contribution in [0.4, 0.5) is 0 Å². The van der Waals surface area contributed by atoms with Gasteiger partial charge in [-0.2, -0.15) is 0 Å². The highest BCUT2D eigenvalue weighted by Gasteiger charge is 2.51. The van der Waals surface area contributed by atoms with Gasteiger partial charge in [0, 0.05) is 39.1 Å². The first-order valence-electron chi connectivity index (χ1n) is 12.5. The number of nitrogens with one attached hydrogen (secondary N) is 1. The van der Waals surface area contributed by atoms with Crippen molar-refractivity contribution in [1.29, 1.82) is 0 Å². The van der Waals surface area contributed by atoms with Crippen molar-refractivity contribution < 1.29 is 19.1 Å². The van der Waals surface area contributed by atoms with Gasteiger partial charge < -0.3 is 19.7 Å². The normalized spacial score (nSPS) is 37.4. The predicted molar refractivity (Wildman–Crippen MR) is 116 cm³/mol. The van der Waals surface area contributed by atoms with Crippen molar-refractivity contribution in [2.45, 2.75) is 57.5 Å². The van der Waals surface area contributed by atoms with E-state index in [1.54, 1.807) is 0 Å². The summed E-state index contributed by atoms with van der Waals surface area (Å²) in [5.74, 6) is 2.66. The van der Waals surface area contributed by atoms with E-state index in [1.165, 1.54) is 38.5 Å². The average molecular weight is 434 g/mol. The minimum Gasteiger partial charge on any atom is -0.379 e. The van der Waals surface area contributed by atoms with Gasteiger partial charge >= 0.3 is 0 Å². The summed E-state index contributed by atoms with van der Waals surface area (Å²) in [7, 11) is 0. The molecule has 0 spiro atoms. The van der Waals surface area contributed by atoms with Gasteiger partial charge in [-0.1, -0.05) is 0 Å². The zero-order valence-electron chi connectivity index (χ0n) is 18.9. The maximum atomic E-state index is 12.7. The van der Waals surface area contributed by atoms with Crippen LogP contribution in [0.2, 0.25) is 0 Å². The maximum Gasteiger partial charge on any atom is 0.242 e. The molecular weight excluding hydrogens is 394 g/mol. The second-order valence-electron chi connectivity index (χ2n) is 10.9. The molecule has 0 aromatic rings. The number of nitrogens with zero attached hydrogens (tertiary/aromatic N) is 2. The third-order valence-electron chi connectivity index (χ3n) is 8.50. The molecule has 7 heteroatoms. The lowest BCUT2D eigenvalue weighted by Crippen LogP contribution is -2.48. The molecule has 2 heterocycles. The molecule has 2 aliphatic heterocycles. The van der Waals surface area contributed by atoms with Gasteiger partial charge in [0.05, 0.1) is 32.5 Å². The molecule has 6 rings (SSSR count). The van der Waals surface area contributed by atoms with E-state index in [9.17, 15) is 9.59 Å².